The second-order valence-electron chi connectivity index (χ2n) is 6.87. The fourth-order valence-electron chi connectivity index (χ4n) is 3.30. The van der Waals surface area contributed by atoms with Crippen molar-refractivity contribution in [1.29, 1.82) is 0 Å². The lowest BCUT2D eigenvalue weighted by Crippen LogP contribution is -2.15. The van der Waals surface area contributed by atoms with Gasteiger partial charge in [-0.3, -0.25) is 19.7 Å². The maximum absolute atomic E-state index is 12.3. The second kappa shape index (κ2) is 11.8. The Balaban J connectivity index is 1.99. The minimum absolute atomic E-state index is 0.0210. The summed E-state index contributed by atoms with van der Waals surface area (Å²) in [4.78, 5) is 47.3. The van der Waals surface area contributed by atoms with Crippen molar-refractivity contribution < 1.29 is 29.2 Å². The lowest BCUT2D eigenvalue weighted by Gasteiger charge is -2.09. The lowest BCUT2D eigenvalue weighted by atomic mass is 9.99. The number of hydrogen-bond donors (Lipinski definition) is 2. The number of ether oxygens (including phenoxy) is 1. The number of carbonyl (C=O) groups is 3. The number of esters is 1. The van der Waals surface area contributed by atoms with Gasteiger partial charge in [0.2, 0.25) is 5.91 Å². The van der Waals surface area contributed by atoms with Crippen LogP contribution in [0.2, 0.25) is 0 Å². The van der Waals surface area contributed by atoms with Crippen LogP contribution in [0, 0.1) is 10.1 Å². The van der Waals surface area contributed by atoms with Gasteiger partial charge >= 0.3 is 11.9 Å². The van der Waals surface area contributed by atoms with Crippen LogP contribution >= 0.6 is 11.3 Å². The lowest BCUT2D eigenvalue weighted by molar-refractivity contribution is -0.419. The topological polar surface area (TPSA) is 136 Å². The molecule has 1 aromatic rings. The van der Waals surface area contributed by atoms with Crippen LogP contribution in [0.3, 0.4) is 0 Å². The van der Waals surface area contributed by atoms with Gasteiger partial charge in [0.15, 0.2) is 0 Å². The molecular weight excluding hydrogens is 436 g/mol. The smallest absolute Gasteiger partial charge is 0.341 e. The molecule has 2 N–H and O–H groups in total. The molecule has 1 atom stereocenters. The van der Waals surface area contributed by atoms with E-state index in [2.05, 4.69) is 11.9 Å². The molecule has 1 heterocycles. The molecule has 1 aromatic heterocycles. The average molecular weight is 461 g/mol. The number of carboxylic acid groups (broad SMARTS) is 1. The SMILES string of the molecule is C=C/C=C\C(=C/CCC/C=C\C(=O)Nc1sc2c(c1C(=O)OC)C(C(=O)O)CC2)[N+](=O)[O-]. The maximum Gasteiger partial charge on any atom is 0.341 e. The van der Waals surface area contributed by atoms with E-state index in [1.165, 1.54) is 48.8 Å². The van der Waals surface area contributed by atoms with Crippen LogP contribution in [-0.4, -0.2) is 35.0 Å². The molecule has 0 aromatic carbocycles. The first-order valence-electron chi connectivity index (χ1n) is 9.88. The van der Waals surface area contributed by atoms with Gasteiger partial charge in [0, 0.05) is 11.0 Å². The molecule has 0 saturated carbocycles. The number of nitro groups is 1. The Morgan fingerprint density at radius 2 is 2.09 bits per heavy atom. The molecule has 0 spiro atoms. The summed E-state index contributed by atoms with van der Waals surface area (Å²) >= 11 is 1.19. The zero-order chi connectivity index (χ0) is 23.7. The van der Waals surface area contributed by atoms with Crippen molar-refractivity contribution >= 4 is 34.2 Å². The first-order chi connectivity index (χ1) is 15.3. The third-order valence-electron chi connectivity index (χ3n) is 4.77. The third-order valence-corrected chi connectivity index (χ3v) is 5.95. The van der Waals surface area contributed by atoms with Gasteiger partial charge in [0.1, 0.15) is 5.00 Å². The Morgan fingerprint density at radius 3 is 2.72 bits per heavy atom. The number of carbonyl (C=O) groups excluding carboxylic acids is 2. The largest absolute Gasteiger partial charge is 0.481 e. The maximum atomic E-state index is 12.3. The molecule has 1 aliphatic rings. The first kappa shape index (κ1) is 24.7. The Labute approximate surface area is 188 Å². The number of rotatable bonds is 11. The summed E-state index contributed by atoms with van der Waals surface area (Å²) in [5.74, 6) is -2.96. The summed E-state index contributed by atoms with van der Waals surface area (Å²) in [6, 6.07) is 0. The van der Waals surface area contributed by atoms with E-state index in [-0.39, 0.29) is 16.3 Å². The van der Waals surface area contributed by atoms with Gasteiger partial charge in [-0.15, -0.1) is 11.3 Å². The summed E-state index contributed by atoms with van der Waals surface area (Å²) in [6.45, 7) is 3.47. The van der Waals surface area contributed by atoms with Crippen molar-refractivity contribution in [2.24, 2.45) is 0 Å². The van der Waals surface area contributed by atoms with Gasteiger partial charge in [-0.2, -0.15) is 0 Å². The number of methoxy groups -OCH3 is 1. The number of unbranched alkanes of at least 4 members (excludes halogenated alkanes) is 2. The Hall–Kier alpha value is -3.53. The molecular formula is C22H24N2O7S. The van der Waals surface area contributed by atoms with Gasteiger partial charge < -0.3 is 15.2 Å². The number of thiophene rings is 1. The summed E-state index contributed by atoms with van der Waals surface area (Å²) in [5, 5.41) is 23.3. The molecule has 0 aliphatic heterocycles. The number of nitrogens with one attached hydrogen (secondary N) is 1. The Morgan fingerprint density at radius 1 is 1.34 bits per heavy atom. The number of aliphatic carboxylic acids is 1. The van der Waals surface area contributed by atoms with Crippen LogP contribution in [0.1, 0.15) is 52.4 Å². The summed E-state index contributed by atoms with van der Waals surface area (Å²) in [5.41, 5.74) is 0.504. The highest BCUT2D eigenvalue weighted by molar-refractivity contribution is 7.17. The minimum Gasteiger partial charge on any atom is -0.481 e. The van der Waals surface area contributed by atoms with Crippen LogP contribution in [0.5, 0.6) is 0 Å². The second-order valence-corrected chi connectivity index (χ2v) is 7.97. The zero-order valence-corrected chi connectivity index (χ0v) is 18.4. The number of aryl methyl sites for hydroxylation is 1. The standard InChI is InChI=1S/C22H24N2O7S/c1-3-4-9-14(24(29)30)10-7-5-6-8-11-17(25)23-20-19(22(28)31-2)18-15(21(26)27)12-13-16(18)32-20/h3-4,8-11,15H,1,5-7,12-13H2,2H3,(H,23,25)(H,26,27)/b9-4-,11-8-,14-10+. The predicted octanol–water partition coefficient (Wildman–Crippen LogP) is 4.22. The van der Waals surface area contributed by atoms with E-state index < -0.39 is 28.7 Å². The van der Waals surface area contributed by atoms with Gasteiger partial charge in [-0.1, -0.05) is 24.8 Å². The molecule has 0 bridgehead atoms. The number of amides is 1. The molecule has 0 saturated heterocycles. The number of hydrogen-bond acceptors (Lipinski definition) is 7. The van der Waals surface area contributed by atoms with Crippen LogP contribution in [0.15, 0.2) is 48.7 Å². The quantitative estimate of drug-likeness (QED) is 0.126. The Bertz CT molecular complexity index is 1000. The van der Waals surface area contributed by atoms with E-state index >= 15 is 0 Å². The first-order valence-corrected chi connectivity index (χ1v) is 10.7. The molecule has 0 fully saturated rings. The van der Waals surface area contributed by atoms with E-state index in [0.29, 0.717) is 37.7 Å². The third kappa shape index (κ3) is 6.24. The molecule has 1 aliphatic carbocycles. The number of allylic oxidation sites excluding steroid dienone is 5. The van der Waals surface area contributed by atoms with Gasteiger partial charge in [-0.25, -0.2) is 4.79 Å². The molecule has 0 radical (unpaired) electrons. The highest BCUT2D eigenvalue weighted by Gasteiger charge is 2.37. The summed E-state index contributed by atoms with van der Waals surface area (Å²) in [7, 11) is 1.20. The summed E-state index contributed by atoms with van der Waals surface area (Å²) < 4.78 is 4.80. The zero-order valence-electron chi connectivity index (χ0n) is 17.5. The fraction of sp³-hybridized carbons (Fsp3) is 0.318. The number of anilines is 1. The van der Waals surface area contributed by atoms with E-state index in [9.17, 15) is 29.6 Å². The molecule has 1 unspecified atom stereocenters. The van der Waals surface area contributed by atoms with E-state index in [1.807, 2.05) is 0 Å². The van der Waals surface area contributed by atoms with Gasteiger partial charge in [0.25, 0.3) is 5.70 Å². The minimum atomic E-state index is -1.02. The molecule has 1 amide bonds. The van der Waals surface area contributed by atoms with Crippen molar-refractivity contribution in [3.05, 3.63) is 74.9 Å². The highest BCUT2D eigenvalue weighted by atomic mass is 32.1. The molecule has 2 rings (SSSR count). The highest BCUT2D eigenvalue weighted by Crippen LogP contribution is 2.45. The molecule has 170 valence electrons. The number of nitrogens with zero attached hydrogens (tertiary/aromatic N) is 1. The van der Waals surface area contributed by atoms with Crippen LogP contribution in [0.4, 0.5) is 5.00 Å². The molecule has 9 nitrogen and oxygen atoms in total. The monoisotopic (exact) mass is 460 g/mol. The Kier molecular flexibility index (Phi) is 9.08. The van der Waals surface area contributed by atoms with E-state index in [0.717, 1.165) is 4.88 Å². The van der Waals surface area contributed by atoms with Crippen LogP contribution in [-0.2, 0) is 20.7 Å². The van der Waals surface area contributed by atoms with Crippen LogP contribution in [0.25, 0.3) is 0 Å². The number of carboxylic acids is 1. The number of fused-ring (bicyclic) bond motifs is 1. The summed E-state index contributed by atoms with van der Waals surface area (Å²) in [6.07, 6.45) is 11.3. The van der Waals surface area contributed by atoms with Gasteiger partial charge in [-0.05, 0) is 49.8 Å². The van der Waals surface area contributed by atoms with E-state index in [1.54, 1.807) is 6.08 Å². The molecule has 10 heteroatoms. The van der Waals surface area contributed by atoms with Crippen molar-refractivity contribution in [2.45, 2.75) is 38.0 Å². The van der Waals surface area contributed by atoms with Crippen molar-refractivity contribution in [3.8, 4) is 0 Å². The van der Waals surface area contributed by atoms with Gasteiger partial charge in [0.05, 0.1) is 23.5 Å². The normalized spacial score (nSPS) is 15.7. The van der Waals surface area contributed by atoms with E-state index in [4.69, 9.17) is 4.74 Å². The average Bonchev–Trinajstić information content (AvgIpc) is 3.30. The van der Waals surface area contributed by atoms with Crippen molar-refractivity contribution in [2.75, 3.05) is 12.4 Å². The van der Waals surface area contributed by atoms with Crippen molar-refractivity contribution in [3.63, 3.8) is 0 Å². The van der Waals surface area contributed by atoms with Crippen molar-refractivity contribution in [1.82, 2.24) is 0 Å². The fourth-order valence-corrected chi connectivity index (χ4v) is 4.57. The molecule has 32 heavy (non-hydrogen) atoms. The van der Waals surface area contributed by atoms with Crippen LogP contribution < -0.4 is 5.32 Å². The predicted molar refractivity (Wildman–Crippen MR) is 120 cm³/mol.